The first kappa shape index (κ1) is 24.6. The minimum absolute atomic E-state index is 0.00000588. The zero-order valence-corrected chi connectivity index (χ0v) is 19.5. The van der Waals surface area contributed by atoms with Crippen molar-refractivity contribution in [1.82, 2.24) is 0 Å². The zero-order chi connectivity index (χ0) is 24.8. The second-order valence-electron chi connectivity index (χ2n) is 8.11. The van der Waals surface area contributed by atoms with Gasteiger partial charge in [-0.15, -0.1) is 0 Å². The lowest BCUT2D eigenvalue weighted by Gasteiger charge is -2.10. The maximum Gasteiger partial charge on any atom is 0.338 e. The number of hydrogen-bond donors (Lipinski definition) is 1. The molecule has 0 radical (unpaired) electrons. The van der Waals surface area contributed by atoms with E-state index in [4.69, 9.17) is 18.9 Å². The highest BCUT2D eigenvalue weighted by molar-refractivity contribution is 6.13. The Morgan fingerprint density at radius 1 is 0.794 bits per heavy atom. The van der Waals surface area contributed by atoms with E-state index >= 15 is 0 Å². The highest BCUT2D eigenvalue weighted by Gasteiger charge is 2.24. The number of esters is 2. The number of allylic oxidation sites excluding steroid dienone is 2. The third-order valence-electron chi connectivity index (χ3n) is 4.81. The molecule has 0 spiro atoms. The van der Waals surface area contributed by atoms with Crippen LogP contribution in [0.15, 0.2) is 53.6 Å². The van der Waals surface area contributed by atoms with Crippen molar-refractivity contribution < 1.29 is 38.4 Å². The van der Waals surface area contributed by atoms with Gasteiger partial charge in [0.15, 0.2) is 17.3 Å². The molecule has 3 rings (SSSR count). The van der Waals surface area contributed by atoms with Gasteiger partial charge in [-0.05, 0) is 64.1 Å². The largest absolute Gasteiger partial charge is 0.507 e. The van der Waals surface area contributed by atoms with Crippen molar-refractivity contribution in [3.05, 3.63) is 75.9 Å². The van der Waals surface area contributed by atoms with Crippen LogP contribution in [0.2, 0.25) is 0 Å². The second-order valence-corrected chi connectivity index (χ2v) is 8.11. The lowest BCUT2D eigenvalue weighted by Crippen LogP contribution is -2.13. The molecule has 0 atom stereocenters. The fourth-order valence-electron chi connectivity index (χ4n) is 3.00. The molecule has 8 nitrogen and oxygen atoms in total. The van der Waals surface area contributed by atoms with Gasteiger partial charge in [0.05, 0.1) is 16.7 Å². The molecule has 0 fully saturated rings. The van der Waals surface area contributed by atoms with Crippen molar-refractivity contribution in [3.63, 3.8) is 0 Å². The molecular formula is C26H26O8. The van der Waals surface area contributed by atoms with Gasteiger partial charge in [-0.1, -0.05) is 11.1 Å². The normalized spacial score (nSPS) is 11.4. The number of rotatable bonds is 8. The molecule has 178 valence electrons. The first-order valence-electron chi connectivity index (χ1n) is 10.6. The molecule has 0 aromatic heterocycles. The SMILES string of the molecule is CC(C)=CCOC(=O)c1cc(C(=O)OCC=C(C)C)cc(C(=O)c2cc3c(cc2O)OCO3)c1. The molecule has 0 saturated heterocycles. The number of phenols is 1. The summed E-state index contributed by atoms with van der Waals surface area (Å²) in [6, 6.07) is 6.56. The van der Waals surface area contributed by atoms with Gasteiger partial charge < -0.3 is 24.1 Å². The Morgan fingerprint density at radius 3 is 1.76 bits per heavy atom. The Morgan fingerprint density at radius 2 is 1.26 bits per heavy atom. The van der Waals surface area contributed by atoms with E-state index in [1.165, 1.54) is 30.3 Å². The molecule has 0 aliphatic carbocycles. The van der Waals surface area contributed by atoms with Crippen molar-refractivity contribution in [1.29, 1.82) is 0 Å². The minimum atomic E-state index is -0.708. The van der Waals surface area contributed by atoms with Crippen molar-refractivity contribution in [2.45, 2.75) is 27.7 Å². The van der Waals surface area contributed by atoms with E-state index in [0.717, 1.165) is 11.1 Å². The summed E-state index contributed by atoms with van der Waals surface area (Å²) in [5.41, 5.74) is 1.88. The van der Waals surface area contributed by atoms with Gasteiger partial charge in [0, 0.05) is 11.6 Å². The molecule has 1 heterocycles. The lowest BCUT2D eigenvalue weighted by atomic mass is 9.97. The summed E-state index contributed by atoms with van der Waals surface area (Å²) in [7, 11) is 0. The molecular weight excluding hydrogens is 440 g/mol. The molecule has 2 aromatic carbocycles. The maximum atomic E-state index is 13.2. The van der Waals surface area contributed by atoms with Crippen LogP contribution in [0.4, 0.5) is 0 Å². The van der Waals surface area contributed by atoms with Gasteiger partial charge >= 0.3 is 11.9 Å². The van der Waals surface area contributed by atoms with E-state index < -0.39 is 17.7 Å². The monoisotopic (exact) mass is 466 g/mol. The number of carbonyl (C=O) groups excluding carboxylic acids is 3. The van der Waals surface area contributed by atoms with Crippen LogP contribution in [0.25, 0.3) is 0 Å². The topological polar surface area (TPSA) is 108 Å². The van der Waals surface area contributed by atoms with Crippen molar-refractivity contribution in [2.24, 2.45) is 0 Å². The Labute approximate surface area is 197 Å². The molecule has 1 aliphatic rings. The number of ketones is 1. The van der Waals surface area contributed by atoms with Gasteiger partial charge in [-0.3, -0.25) is 4.79 Å². The number of fused-ring (bicyclic) bond motifs is 1. The van der Waals surface area contributed by atoms with Crippen molar-refractivity contribution in [3.8, 4) is 17.2 Å². The molecule has 2 aromatic rings. The molecule has 0 bridgehead atoms. The van der Waals surface area contributed by atoms with Crippen LogP contribution in [0.3, 0.4) is 0 Å². The quantitative estimate of drug-likeness (QED) is 0.342. The van der Waals surface area contributed by atoms with Crippen LogP contribution in [-0.2, 0) is 9.47 Å². The molecule has 1 N–H and O–H groups in total. The van der Waals surface area contributed by atoms with E-state index in [0.29, 0.717) is 11.5 Å². The lowest BCUT2D eigenvalue weighted by molar-refractivity contribution is 0.0547. The molecule has 8 heteroatoms. The average molecular weight is 466 g/mol. The van der Waals surface area contributed by atoms with Crippen LogP contribution in [-0.4, -0.2) is 42.8 Å². The summed E-state index contributed by atoms with van der Waals surface area (Å²) in [6.45, 7) is 7.53. The Bertz CT molecular complexity index is 1130. The minimum Gasteiger partial charge on any atom is -0.507 e. The third-order valence-corrected chi connectivity index (χ3v) is 4.81. The first-order valence-corrected chi connectivity index (χ1v) is 10.6. The number of phenolic OH excluding ortho intramolecular Hbond substituents is 1. The standard InChI is InChI=1S/C26H26O8/c1-15(2)5-7-31-25(29)18-9-17(10-19(11-18)26(30)32-8-6-16(3)4)24(28)20-12-22-23(13-21(20)27)34-14-33-22/h5-6,9-13,27H,7-8,14H2,1-4H3. The van der Waals surface area contributed by atoms with Crippen molar-refractivity contribution in [2.75, 3.05) is 20.0 Å². The van der Waals surface area contributed by atoms with E-state index in [9.17, 15) is 19.5 Å². The van der Waals surface area contributed by atoms with Crippen LogP contribution in [0.1, 0.15) is 64.3 Å². The summed E-state index contributed by atoms with van der Waals surface area (Å²) in [5.74, 6) is -1.73. The number of aromatic hydroxyl groups is 1. The predicted octanol–water partition coefficient (Wildman–Crippen LogP) is 4.60. The summed E-state index contributed by atoms with van der Waals surface area (Å²) in [4.78, 5) is 38.5. The number of carbonyl (C=O) groups is 3. The Balaban J connectivity index is 1.97. The highest BCUT2D eigenvalue weighted by atomic mass is 16.7. The molecule has 34 heavy (non-hydrogen) atoms. The molecule has 0 amide bonds. The number of ether oxygens (including phenoxy) is 4. The summed E-state index contributed by atoms with van der Waals surface area (Å²) in [6.07, 6.45) is 3.46. The molecule has 0 unspecified atom stereocenters. The Hall–Kier alpha value is -4.07. The summed E-state index contributed by atoms with van der Waals surface area (Å²) >= 11 is 0. The second kappa shape index (κ2) is 10.7. The van der Waals surface area contributed by atoms with Crippen LogP contribution < -0.4 is 9.47 Å². The van der Waals surface area contributed by atoms with Crippen LogP contribution in [0.5, 0.6) is 17.2 Å². The predicted molar refractivity (Wildman–Crippen MR) is 124 cm³/mol. The van der Waals surface area contributed by atoms with Gasteiger partial charge in [-0.2, -0.15) is 0 Å². The van der Waals surface area contributed by atoms with E-state index in [-0.39, 0.29) is 48.0 Å². The summed E-state index contributed by atoms with van der Waals surface area (Å²) in [5, 5.41) is 10.3. The number of benzene rings is 2. The maximum absolute atomic E-state index is 13.2. The van der Waals surface area contributed by atoms with Crippen LogP contribution >= 0.6 is 0 Å². The highest BCUT2D eigenvalue weighted by Crippen LogP contribution is 2.38. The smallest absolute Gasteiger partial charge is 0.338 e. The van der Waals surface area contributed by atoms with Crippen molar-refractivity contribution >= 4 is 17.7 Å². The van der Waals surface area contributed by atoms with Gasteiger partial charge in [0.1, 0.15) is 19.0 Å². The molecule has 0 saturated carbocycles. The fourth-order valence-corrected chi connectivity index (χ4v) is 3.00. The molecule has 1 aliphatic heterocycles. The van der Waals surface area contributed by atoms with Gasteiger partial charge in [0.2, 0.25) is 6.79 Å². The fraction of sp³-hybridized carbons (Fsp3) is 0.269. The third kappa shape index (κ3) is 6.04. The number of hydrogen-bond acceptors (Lipinski definition) is 8. The first-order chi connectivity index (χ1) is 16.2. The van der Waals surface area contributed by atoms with E-state index in [2.05, 4.69) is 0 Å². The van der Waals surface area contributed by atoms with Crippen LogP contribution in [0, 0.1) is 0 Å². The zero-order valence-electron chi connectivity index (χ0n) is 19.5. The Kier molecular flexibility index (Phi) is 7.73. The summed E-state index contributed by atoms with van der Waals surface area (Å²) < 4.78 is 21.0. The van der Waals surface area contributed by atoms with E-state index in [1.54, 1.807) is 12.2 Å². The van der Waals surface area contributed by atoms with E-state index in [1.807, 2.05) is 27.7 Å². The average Bonchev–Trinajstić information content (AvgIpc) is 3.24. The van der Waals surface area contributed by atoms with Gasteiger partial charge in [0.25, 0.3) is 0 Å². The van der Waals surface area contributed by atoms with Gasteiger partial charge in [-0.25, -0.2) is 9.59 Å².